The van der Waals surface area contributed by atoms with Crippen LogP contribution in [0.4, 0.5) is 0 Å². The molecule has 1 rings (SSSR count). The van der Waals surface area contributed by atoms with Crippen LogP contribution in [0.25, 0.3) is 0 Å². The Morgan fingerprint density at radius 1 is 1.33 bits per heavy atom. The maximum absolute atomic E-state index is 10.5. The molecule has 1 aromatic rings. The van der Waals surface area contributed by atoms with Gasteiger partial charge in [-0.25, -0.2) is 0 Å². The van der Waals surface area contributed by atoms with Crippen molar-refractivity contribution < 1.29 is 19.5 Å². The summed E-state index contributed by atoms with van der Waals surface area (Å²) in [5.74, 6) is 0.388. The molecule has 0 unspecified atom stereocenters. The van der Waals surface area contributed by atoms with Gasteiger partial charge in [0, 0.05) is 0 Å². The van der Waals surface area contributed by atoms with Gasteiger partial charge in [-0.15, -0.1) is 10.1 Å². The second-order valence-electron chi connectivity index (χ2n) is 2.56. The fraction of sp³-hybridized carbons (Fsp3) is 0.222. The van der Waals surface area contributed by atoms with Crippen molar-refractivity contribution in [1.29, 1.82) is 0 Å². The van der Waals surface area contributed by atoms with Gasteiger partial charge in [-0.3, -0.25) is 4.79 Å². The molecule has 0 bridgehead atoms. The van der Waals surface area contributed by atoms with Gasteiger partial charge >= 0.3 is 0 Å². The molecule has 0 aliphatic heterocycles. The molecule has 0 atom stereocenters. The van der Waals surface area contributed by atoms with E-state index in [4.69, 9.17) is 4.74 Å². The average Bonchev–Trinajstić information content (AvgIpc) is 2.24. The third-order valence-electron chi connectivity index (χ3n) is 1.58. The third-order valence-corrected chi connectivity index (χ3v) is 1.58. The number of benzene rings is 1. The molecule has 80 valence electrons. The summed E-state index contributed by atoms with van der Waals surface area (Å²) in [7, 11) is 0. The first-order chi connectivity index (χ1) is 7.24. The summed E-state index contributed by atoms with van der Waals surface area (Å²) in [5, 5.41) is 8.91. The number of aldehydes is 1. The molecule has 0 aromatic heterocycles. The van der Waals surface area contributed by atoms with Crippen LogP contribution in [-0.2, 0) is 4.84 Å². The van der Waals surface area contributed by atoms with Crippen LogP contribution < -0.4 is 4.74 Å². The van der Waals surface area contributed by atoms with E-state index in [1.165, 1.54) is 0 Å². The Morgan fingerprint density at radius 2 is 2.07 bits per heavy atom. The first-order valence-corrected chi connectivity index (χ1v) is 4.18. The van der Waals surface area contributed by atoms with Crippen LogP contribution in [0.5, 0.6) is 5.75 Å². The van der Waals surface area contributed by atoms with E-state index in [1.54, 1.807) is 24.3 Å². The molecule has 0 aliphatic carbocycles. The maximum Gasteiger partial charge on any atom is 0.294 e. The molecular formula is C9H9NO5. The molecule has 15 heavy (non-hydrogen) atoms. The average molecular weight is 211 g/mol. The number of para-hydroxylation sites is 1. The highest BCUT2D eigenvalue weighted by Crippen LogP contribution is 2.15. The van der Waals surface area contributed by atoms with Crippen LogP contribution in [0.15, 0.2) is 24.3 Å². The Balaban J connectivity index is 2.43. The van der Waals surface area contributed by atoms with Gasteiger partial charge in [-0.2, -0.15) is 0 Å². The third kappa shape index (κ3) is 3.63. The number of ether oxygens (including phenoxy) is 1. The van der Waals surface area contributed by atoms with Gasteiger partial charge in [0.15, 0.2) is 6.29 Å². The quantitative estimate of drug-likeness (QED) is 0.304. The largest absolute Gasteiger partial charge is 0.491 e. The highest BCUT2D eigenvalue weighted by Gasteiger charge is 2.01. The predicted molar refractivity (Wildman–Crippen MR) is 50.3 cm³/mol. The molecule has 6 heteroatoms. The molecule has 0 saturated heterocycles. The zero-order chi connectivity index (χ0) is 11.1. The Bertz CT molecular complexity index is 352. The van der Waals surface area contributed by atoms with Crippen LogP contribution in [0.2, 0.25) is 0 Å². The Labute approximate surface area is 85.5 Å². The SMILES string of the molecule is O=Cc1ccccc1OCCO[N+](=O)[O-]. The lowest BCUT2D eigenvalue weighted by molar-refractivity contribution is -0.757. The van der Waals surface area contributed by atoms with Gasteiger partial charge in [-0.1, -0.05) is 12.1 Å². The van der Waals surface area contributed by atoms with Crippen molar-refractivity contribution in [3.8, 4) is 5.75 Å². The van der Waals surface area contributed by atoms with Crippen molar-refractivity contribution in [3.63, 3.8) is 0 Å². The fourth-order valence-electron chi connectivity index (χ4n) is 0.973. The molecule has 0 N–H and O–H groups in total. The van der Waals surface area contributed by atoms with Gasteiger partial charge in [0.1, 0.15) is 19.0 Å². The second-order valence-corrected chi connectivity index (χ2v) is 2.56. The fourth-order valence-corrected chi connectivity index (χ4v) is 0.973. The number of hydrogen-bond donors (Lipinski definition) is 0. The van der Waals surface area contributed by atoms with Gasteiger partial charge < -0.3 is 9.57 Å². The number of carbonyl (C=O) groups is 1. The minimum atomic E-state index is -0.894. The van der Waals surface area contributed by atoms with Crippen molar-refractivity contribution in [2.45, 2.75) is 0 Å². The molecule has 0 amide bonds. The molecule has 6 nitrogen and oxygen atoms in total. The van der Waals surface area contributed by atoms with Crippen LogP contribution in [0.1, 0.15) is 10.4 Å². The van der Waals surface area contributed by atoms with Crippen molar-refractivity contribution in [2.75, 3.05) is 13.2 Å². The lowest BCUT2D eigenvalue weighted by Crippen LogP contribution is -2.11. The van der Waals surface area contributed by atoms with E-state index in [-0.39, 0.29) is 13.2 Å². The molecule has 1 aromatic carbocycles. The van der Waals surface area contributed by atoms with Gasteiger partial charge in [0.2, 0.25) is 0 Å². The molecule has 0 radical (unpaired) electrons. The van der Waals surface area contributed by atoms with Gasteiger partial charge in [-0.05, 0) is 12.1 Å². The summed E-state index contributed by atoms with van der Waals surface area (Å²) in [6.07, 6.45) is 0.656. The van der Waals surface area contributed by atoms with E-state index in [2.05, 4.69) is 4.84 Å². The molecule has 0 saturated carbocycles. The molecule has 0 fully saturated rings. The zero-order valence-corrected chi connectivity index (χ0v) is 7.79. The van der Waals surface area contributed by atoms with Crippen molar-refractivity contribution in [3.05, 3.63) is 39.9 Å². The molecule has 0 aliphatic rings. The van der Waals surface area contributed by atoms with E-state index in [9.17, 15) is 14.9 Å². The topological polar surface area (TPSA) is 78.7 Å². The van der Waals surface area contributed by atoms with E-state index in [0.29, 0.717) is 17.6 Å². The number of carbonyl (C=O) groups excluding carboxylic acids is 1. The van der Waals surface area contributed by atoms with Crippen LogP contribution in [-0.4, -0.2) is 24.6 Å². The summed E-state index contributed by atoms with van der Waals surface area (Å²) in [5.41, 5.74) is 0.401. The Morgan fingerprint density at radius 3 is 2.73 bits per heavy atom. The number of rotatable bonds is 6. The zero-order valence-electron chi connectivity index (χ0n) is 7.79. The van der Waals surface area contributed by atoms with Gasteiger partial charge in [0.25, 0.3) is 5.09 Å². The first-order valence-electron chi connectivity index (χ1n) is 4.18. The molecule has 0 spiro atoms. The van der Waals surface area contributed by atoms with E-state index < -0.39 is 5.09 Å². The van der Waals surface area contributed by atoms with Crippen molar-refractivity contribution >= 4 is 6.29 Å². The number of nitrogens with zero attached hydrogens (tertiary/aromatic N) is 1. The summed E-state index contributed by atoms with van der Waals surface area (Å²) in [6.45, 7) is -0.147. The summed E-state index contributed by atoms with van der Waals surface area (Å²) in [4.78, 5) is 24.4. The lowest BCUT2D eigenvalue weighted by Gasteiger charge is -2.06. The standard InChI is InChI=1S/C9H9NO5/c11-7-8-3-1-2-4-9(8)14-5-6-15-10(12)13/h1-4,7H,5-6H2. The van der Waals surface area contributed by atoms with E-state index in [0.717, 1.165) is 0 Å². The Hall–Kier alpha value is -2.11. The maximum atomic E-state index is 10.5. The normalized spacial score (nSPS) is 9.33. The van der Waals surface area contributed by atoms with E-state index >= 15 is 0 Å². The van der Waals surface area contributed by atoms with Crippen LogP contribution >= 0.6 is 0 Å². The minimum Gasteiger partial charge on any atom is -0.491 e. The van der Waals surface area contributed by atoms with Crippen molar-refractivity contribution in [1.82, 2.24) is 0 Å². The molecule has 0 heterocycles. The van der Waals surface area contributed by atoms with Crippen molar-refractivity contribution in [2.24, 2.45) is 0 Å². The first kappa shape index (κ1) is 11.0. The summed E-state index contributed by atoms with van der Waals surface area (Å²) < 4.78 is 5.12. The highest BCUT2D eigenvalue weighted by molar-refractivity contribution is 5.79. The summed E-state index contributed by atoms with van der Waals surface area (Å²) in [6, 6.07) is 6.60. The smallest absolute Gasteiger partial charge is 0.294 e. The lowest BCUT2D eigenvalue weighted by atomic mass is 10.2. The Kier molecular flexibility index (Phi) is 4.08. The minimum absolute atomic E-state index is 0.0197. The van der Waals surface area contributed by atoms with Crippen LogP contribution in [0.3, 0.4) is 0 Å². The number of hydrogen-bond acceptors (Lipinski definition) is 5. The van der Waals surface area contributed by atoms with E-state index in [1.807, 2.05) is 0 Å². The monoisotopic (exact) mass is 211 g/mol. The summed E-state index contributed by atoms with van der Waals surface area (Å²) >= 11 is 0. The van der Waals surface area contributed by atoms with Gasteiger partial charge in [0.05, 0.1) is 5.56 Å². The second kappa shape index (κ2) is 5.58. The predicted octanol–water partition coefficient (Wildman–Crippen LogP) is 1.09. The van der Waals surface area contributed by atoms with Crippen LogP contribution in [0, 0.1) is 10.1 Å². The molecular weight excluding hydrogens is 202 g/mol. The highest BCUT2D eigenvalue weighted by atomic mass is 17.0.